The van der Waals surface area contributed by atoms with Gasteiger partial charge < -0.3 is 10.6 Å². The van der Waals surface area contributed by atoms with E-state index in [4.69, 9.17) is 0 Å². The van der Waals surface area contributed by atoms with Crippen molar-refractivity contribution in [2.75, 3.05) is 18.4 Å². The first kappa shape index (κ1) is 7.55. The van der Waals surface area contributed by atoms with E-state index in [2.05, 4.69) is 15.6 Å². The predicted molar refractivity (Wildman–Crippen MR) is 49.1 cm³/mol. The molecule has 12 heavy (non-hydrogen) atoms. The second-order valence-corrected chi connectivity index (χ2v) is 3.07. The van der Waals surface area contributed by atoms with Gasteiger partial charge in [-0.25, -0.2) is 0 Å². The first-order chi connectivity index (χ1) is 5.95. The number of pyridine rings is 1. The van der Waals surface area contributed by atoms with Gasteiger partial charge in [0.05, 0.1) is 0 Å². The van der Waals surface area contributed by atoms with E-state index in [1.807, 2.05) is 24.5 Å². The zero-order valence-corrected chi connectivity index (χ0v) is 6.96. The predicted octanol–water partition coefficient (Wildman–Crippen LogP) is 0.855. The van der Waals surface area contributed by atoms with Crippen molar-refractivity contribution in [2.45, 2.75) is 12.5 Å². The van der Waals surface area contributed by atoms with Crippen LogP contribution >= 0.6 is 0 Å². The van der Waals surface area contributed by atoms with Crippen molar-refractivity contribution in [3.05, 3.63) is 24.5 Å². The molecule has 0 saturated carbocycles. The molecule has 1 fully saturated rings. The average Bonchev–Trinajstić information content (AvgIpc) is 2.59. The Morgan fingerprint density at radius 3 is 2.92 bits per heavy atom. The van der Waals surface area contributed by atoms with E-state index in [-0.39, 0.29) is 0 Å². The Kier molecular flexibility index (Phi) is 2.23. The summed E-state index contributed by atoms with van der Waals surface area (Å²) in [5, 5.41) is 6.75. The molecule has 0 aliphatic carbocycles. The molecule has 3 nitrogen and oxygen atoms in total. The molecule has 2 heterocycles. The highest BCUT2D eigenvalue weighted by atomic mass is 15.0. The van der Waals surface area contributed by atoms with Crippen molar-refractivity contribution < 1.29 is 0 Å². The summed E-state index contributed by atoms with van der Waals surface area (Å²) in [4.78, 5) is 3.96. The molecule has 1 aromatic rings. The number of aromatic nitrogens is 1. The molecule has 1 atom stereocenters. The fourth-order valence-corrected chi connectivity index (χ4v) is 1.46. The summed E-state index contributed by atoms with van der Waals surface area (Å²) >= 11 is 0. The number of rotatable bonds is 2. The molecule has 0 bridgehead atoms. The van der Waals surface area contributed by atoms with Crippen molar-refractivity contribution in [3.63, 3.8) is 0 Å². The Morgan fingerprint density at radius 1 is 1.42 bits per heavy atom. The summed E-state index contributed by atoms with van der Waals surface area (Å²) < 4.78 is 0. The van der Waals surface area contributed by atoms with Crippen LogP contribution in [0.25, 0.3) is 0 Å². The highest BCUT2D eigenvalue weighted by Crippen LogP contribution is 2.09. The molecule has 2 rings (SSSR count). The van der Waals surface area contributed by atoms with Crippen LogP contribution in [-0.4, -0.2) is 24.1 Å². The van der Waals surface area contributed by atoms with E-state index < -0.39 is 0 Å². The van der Waals surface area contributed by atoms with Crippen molar-refractivity contribution in [3.8, 4) is 0 Å². The third-order valence-electron chi connectivity index (χ3n) is 2.11. The van der Waals surface area contributed by atoms with Crippen LogP contribution in [0.15, 0.2) is 24.5 Å². The second kappa shape index (κ2) is 3.54. The maximum Gasteiger partial charge on any atom is 0.0398 e. The smallest absolute Gasteiger partial charge is 0.0398 e. The molecular formula is C9H13N3. The lowest BCUT2D eigenvalue weighted by Gasteiger charge is -2.11. The lowest BCUT2D eigenvalue weighted by Crippen LogP contribution is -2.21. The second-order valence-electron chi connectivity index (χ2n) is 3.07. The van der Waals surface area contributed by atoms with Gasteiger partial charge in [0.1, 0.15) is 0 Å². The molecule has 0 aromatic carbocycles. The summed E-state index contributed by atoms with van der Waals surface area (Å²) in [5.74, 6) is 0. The Morgan fingerprint density at radius 2 is 2.25 bits per heavy atom. The van der Waals surface area contributed by atoms with Gasteiger partial charge in [-0.05, 0) is 25.1 Å². The molecule has 1 aliphatic heterocycles. The first-order valence-corrected chi connectivity index (χ1v) is 4.32. The molecular weight excluding hydrogens is 150 g/mol. The highest BCUT2D eigenvalue weighted by molar-refractivity contribution is 5.42. The van der Waals surface area contributed by atoms with Crippen LogP contribution in [0.3, 0.4) is 0 Å². The SMILES string of the molecule is c1cc(N[C@H]2CCNC2)ccn1. The fourth-order valence-electron chi connectivity index (χ4n) is 1.46. The molecule has 1 aliphatic rings. The average molecular weight is 163 g/mol. The van der Waals surface area contributed by atoms with Crippen LogP contribution in [0.2, 0.25) is 0 Å². The lowest BCUT2D eigenvalue weighted by molar-refractivity contribution is 0.793. The molecule has 1 aromatic heterocycles. The summed E-state index contributed by atoms with van der Waals surface area (Å²) in [7, 11) is 0. The molecule has 0 radical (unpaired) electrons. The van der Waals surface area contributed by atoms with Crippen LogP contribution < -0.4 is 10.6 Å². The highest BCUT2D eigenvalue weighted by Gasteiger charge is 2.12. The number of hydrogen-bond donors (Lipinski definition) is 2. The number of anilines is 1. The van der Waals surface area contributed by atoms with Gasteiger partial charge >= 0.3 is 0 Å². The molecule has 1 saturated heterocycles. The third kappa shape index (κ3) is 1.74. The molecule has 3 heteroatoms. The molecule has 0 amide bonds. The normalized spacial score (nSPS) is 22.5. The summed E-state index contributed by atoms with van der Waals surface area (Å²) in [6.45, 7) is 2.20. The first-order valence-electron chi connectivity index (χ1n) is 4.32. The van der Waals surface area contributed by atoms with Crippen molar-refractivity contribution in [1.29, 1.82) is 0 Å². The Hall–Kier alpha value is -1.09. The summed E-state index contributed by atoms with van der Waals surface area (Å²) in [6.07, 6.45) is 4.83. The maximum absolute atomic E-state index is 3.96. The van der Waals surface area contributed by atoms with Gasteiger partial charge in [-0.3, -0.25) is 4.98 Å². The van der Waals surface area contributed by atoms with Gasteiger partial charge in [-0.2, -0.15) is 0 Å². The van der Waals surface area contributed by atoms with Crippen LogP contribution in [0.5, 0.6) is 0 Å². The van der Waals surface area contributed by atoms with Crippen molar-refractivity contribution in [1.82, 2.24) is 10.3 Å². The summed E-state index contributed by atoms with van der Waals surface area (Å²) in [5.41, 5.74) is 1.17. The number of nitrogens with one attached hydrogen (secondary N) is 2. The van der Waals surface area contributed by atoms with Gasteiger partial charge in [0.2, 0.25) is 0 Å². The van der Waals surface area contributed by atoms with Gasteiger partial charge in [-0.15, -0.1) is 0 Å². The number of hydrogen-bond acceptors (Lipinski definition) is 3. The number of nitrogens with zero attached hydrogens (tertiary/aromatic N) is 1. The van der Waals surface area contributed by atoms with Gasteiger partial charge in [0.25, 0.3) is 0 Å². The standard InChI is InChI=1S/C9H13N3/c1-4-10-5-2-8(1)12-9-3-6-11-7-9/h1-2,4-5,9,11H,3,6-7H2,(H,10,12)/t9-/m0/s1. The topological polar surface area (TPSA) is 37.0 Å². The van der Waals surface area contributed by atoms with Crippen molar-refractivity contribution in [2.24, 2.45) is 0 Å². The van der Waals surface area contributed by atoms with Crippen LogP contribution in [0, 0.1) is 0 Å². The van der Waals surface area contributed by atoms with E-state index in [1.54, 1.807) is 0 Å². The Bertz CT molecular complexity index is 229. The van der Waals surface area contributed by atoms with Crippen molar-refractivity contribution >= 4 is 5.69 Å². The van der Waals surface area contributed by atoms with E-state index in [9.17, 15) is 0 Å². The molecule has 64 valence electrons. The molecule has 2 N–H and O–H groups in total. The Labute approximate surface area is 72.2 Å². The fraction of sp³-hybridized carbons (Fsp3) is 0.444. The van der Waals surface area contributed by atoms with Crippen LogP contribution in [0.4, 0.5) is 5.69 Å². The zero-order valence-electron chi connectivity index (χ0n) is 6.96. The van der Waals surface area contributed by atoms with E-state index >= 15 is 0 Å². The maximum atomic E-state index is 3.96. The lowest BCUT2D eigenvalue weighted by atomic mass is 10.2. The Balaban J connectivity index is 1.94. The van der Waals surface area contributed by atoms with Gasteiger partial charge in [0.15, 0.2) is 0 Å². The van der Waals surface area contributed by atoms with E-state index in [0.717, 1.165) is 13.1 Å². The minimum Gasteiger partial charge on any atom is -0.381 e. The molecule has 0 spiro atoms. The van der Waals surface area contributed by atoms with Crippen LogP contribution in [-0.2, 0) is 0 Å². The van der Waals surface area contributed by atoms with Gasteiger partial charge in [0, 0.05) is 30.7 Å². The quantitative estimate of drug-likeness (QED) is 0.679. The van der Waals surface area contributed by atoms with Crippen LogP contribution in [0.1, 0.15) is 6.42 Å². The van der Waals surface area contributed by atoms with E-state index in [1.165, 1.54) is 12.1 Å². The summed E-state index contributed by atoms with van der Waals surface area (Å²) in [6, 6.07) is 4.59. The molecule has 0 unspecified atom stereocenters. The largest absolute Gasteiger partial charge is 0.381 e. The van der Waals surface area contributed by atoms with E-state index in [0.29, 0.717) is 6.04 Å². The van der Waals surface area contributed by atoms with Gasteiger partial charge in [-0.1, -0.05) is 0 Å². The monoisotopic (exact) mass is 163 g/mol. The third-order valence-corrected chi connectivity index (χ3v) is 2.11. The minimum atomic E-state index is 0.590. The minimum absolute atomic E-state index is 0.590. The zero-order chi connectivity index (χ0) is 8.23.